The summed E-state index contributed by atoms with van der Waals surface area (Å²) in [5.74, 6) is 0.754. The Labute approximate surface area is 126 Å². The van der Waals surface area contributed by atoms with Gasteiger partial charge in [0.1, 0.15) is 5.69 Å². The highest BCUT2D eigenvalue weighted by Crippen LogP contribution is 2.26. The lowest BCUT2D eigenvalue weighted by atomic mass is 9.96. The number of carbonyl (C=O) groups is 1. The smallest absolute Gasteiger partial charge is 0.269 e. The van der Waals surface area contributed by atoms with Crippen LogP contribution in [0.3, 0.4) is 0 Å². The first kappa shape index (κ1) is 14.3. The van der Waals surface area contributed by atoms with Gasteiger partial charge in [0, 0.05) is 26.2 Å². The molecule has 3 heterocycles. The van der Waals surface area contributed by atoms with E-state index in [0.717, 1.165) is 24.7 Å². The fraction of sp³-hybridized carbons (Fsp3) is 0.625. The second-order valence-electron chi connectivity index (χ2n) is 6.26. The van der Waals surface area contributed by atoms with E-state index in [1.807, 2.05) is 6.07 Å². The molecule has 1 aromatic rings. The minimum atomic E-state index is -0.134. The van der Waals surface area contributed by atoms with E-state index in [4.69, 9.17) is 0 Å². The predicted octanol–water partition coefficient (Wildman–Crippen LogP) is 1.36. The molecule has 0 saturated carbocycles. The normalized spacial score (nSPS) is 21.1. The second-order valence-corrected chi connectivity index (χ2v) is 6.26. The molecule has 0 atom stereocenters. The molecule has 1 amide bonds. The summed E-state index contributed by atoms with van der Waals surface area (Å²) in [4.78, 5) is 20.7. The van der Waals surface area contributed by atoms with Gasteiger partial charge in [-0.25, -0.2) is 4.98 Å². The van der Waals surface area contributed by atoms with Gasteiger partial charge in [-0.2, -0.15) is 0 Å². The Bertz CT molecular complexity index is 488. The maximum atomic E-state index is 11.5. The number of rotatable bonds is 3. The Hall–Kier alpha value is -1.62. The number of piperidine rings is 1. The fourth-order valence-corrected chi connectivity index (χ4v) is 3.13. The zero-order chi connectivity index (χ0) is 14.8. The van der Waals surface area contributed by atoms with Crippen molar-refractivity contribution < 1.29 is 4.79 Å². The molecule has 2 aliphatic heterocycles. The molecule has 3 rings (SSSR count). The number of hydrogen-bond donors (Lipinski definition) is 1. The summed E-state index contributed by atoms with van der Waals surface area (Å²) in [6, 6.07) is 4.48. The monoisotopic (exact) mass is 288 g/mol. The topological polar surface area (TPSA) is 48.5 Å². The molecule has 5 heteroatoms. The van der Waals surface area contributed by atoms with Gasteiger partial charge in [-0.15, -0.1) is 0 Å². The van der Waals surface area contributed by atoms with Gasteiger partial charge in [-0.1, -0.05) is 6.92 Å². The third-order valence-corrected chi connectivity index (χ3v) is 4.77. The number of nitrogens with one attached hydrogen (secondary N) is 1. The maximum absolute atomic E-state index is 11.5. The molecule has 1 aromatic heterocycles. The number of carbonyl (C=O) groups excluding carboxylic acids is 1. The molecule has 0 bridgehead atoms. The standard InChI is InChI=1S/C16H24N4O/c1-12-5-7-19(8-6-12)14-10-20(11-14)13-3-4-15(18-9-13)16(21)17-2/h3-4,9,12,14H,5-8,10-11H2,1-2H3,(H,17,21). The Morgan fingerprint density at radius 3 is 2.57 bits per heavy atom. The van der Waals surface area contributed by atoms with E-state index in [2.05, 4.69) is 27.0 Å². The van der Waals surface area contributed by atoms with E-state index < -0.39 is 0 Å². The summed E-state index contributed by atoms with van der Waals surface area (Å²) >= 11 is 0. The van der Waals surface area contributed by atoms with Crippen LogP contribution >= 0.6 is 0 Å². The SMILES string of the molecule is CNC(=O)c1ccc(N2CC(N3CCC(C)CC3)C2)cn1. The van der Waals surface area contributed by atoms with Crippen molar-refractivity contribution in [3.8, 4) is 0 Å². The number of anilines is 1. The first-order chi connectivity index (χ1) is 10.2. The van der Waals surface area contributed by atoms with Crippen molar-refractivity contribution in [3.63, 3.8) is 0 Å². The average molecular weight is 288 g/mol. The van der Waals surface area contributed by atoms with Crippen molar-refractivity contribution in [1.29, 1.82) is 0 Å². The van der Waals surface area contributed by atoms with Crippen molar-refractivity contribution in [2.24, 2.45) is 5.92 Å². The molecule has 2 fully saturated rings. The number of amides is 1. The molecule has 2 saturated heterocycles. The average Bonchev–Trinajstić information content (AvgIpc) is 2.47. The summed E-state index contributed by atoms with van der Waals surface area (Å²) in [5.41, 5.74) is 1.59. The first-order valence-electron chi connectivity index (χ1n) is 7.84. The molecule has 0 aromatic carbocycles. The zero-order valence-corrected chi connectivity index (χ0v) is 12.9. The van der Waals surface area contributed by atoms with Crippen molar-refractivity contribution in [3.05, 3.63) is 24.0 Å². The van der Waals surface area contributed by atoms with Crippen LogP contribution in [0.2, 0.25) is 0 Å². The lowest BCUT2D eigenvalue weighted by molar-refractivity contribution is 0.0958. The fourth-order valence-electron chi connectivity index (χ4n) is 3.13. The van der Waals surface area contributed by atoms with Gasteiger partial charge in [-0.05, 0) is 44.0 Å². The molecule has 0 unspecified atom stereocenters. The van der Waals surface area contributed by atoms with Gasteiger partial charge in [0.2, 0.25) is 0 Å². The highest BCUT2D eigenvalue weighted by molar-refractivity contribution is 5.92. The number of aromatic nitrogens is 1. The molecule has 114 valence electrons. The highest BCUT2D eigenvalue weighted by Gasteiger charge is 2.33. The van der Waals surface area contributed by atoms with Crippen LogP contribution in [0.4, 0.5) is 5.69 Å². The quantitative estimate of drug-likeness (QED) is 0.912. The third-order valence-electron chi connectivity index (χ3n) is 4.77. The van der Waals surface area contributed by atoms with Gasteiger partial charge >= 0.3 is 0 Å². The molecule has 1 N–H and O–H groups in total. The Morgan fingerprint density at radius 2 is 2.00 bits per heavy atom. The molecule has 0 radical (unpaired) electrons. The van der Waals surface area contributed by atoms with E-state index in [9.17, 15) is 4.79 Å². The van der Waals surface area contributed by atoms with Crippen LogP contribution in [-0.2, 0) is 0 Å². The molecular formula is C16H24N4O. The second kappa shape index (κ2) is 6.02. The summed E-state index contributed by atoms with van der Waals surface area (Å²) in [7, 11) is 1.62. The third kappa shape index (κ3) is 3.02. The van der Waals surface area contributed by atoms with Crippen molar-refractivity contribution in [2.45, 2.75) is 25.8 Å². The molecule has 0 spiro atoms. The van der Waals surface area contributed by atoms with Crippen LogP contribution in [0.1, 0.15) is 30.3 Å². The summed E-state index contributed by atoms with van der Waals surface area (Å²) in [5, 5.41) is 2.59. The summed E-state index contributed by atoms with van der Waals surface area (Å²) in [6.45, 7) is 7.00. The van der Waals surface area contributed by atoms with Gasteiger partial charge < -0.3 is 10.2 Å². The number of nitrogens with zero attached hydrogens (tertiary/aromatic N) is 3. The minimum Gasteiger partial charge on any atom is -0.367 e. The van der Waals surface area contributed by atoms with Gasteiger partial charge in [0.25, 0.3) is 5.91 Å². The van der Waals surface area contributed by atoms with Crippen LogP contribution in [0.25, 0.3) is 0 Å². The lowest BCUT2D eigenvalue weighted by Crippen LogP contribution is -2.60. The van der Waals surface area contributed by atoms with Gasteiger partial charge in [-0.3, -0.25) is 9.69 Å². The van der Waals surface area contributed by atoms with Crippen LogP contribution in [0.15, 0.2) is 18.3 Å². The summed E-state index contributed by atoms with van der Waals surface area (Å²) < 4.78 is 0. The molecule has 5 nitrogen and oxygen atoms in total. The zero-order valence-electron chi connectivity index (χ0n) is 12.9. The predicted molar refractivity (Wildman–Crippen MR) is 83.6 cm³/mol. The van der Waals surface area contributed by atoms with E-state index in [1.54, 1.807) is 19.3 Å². The van der Waals surface area contributed by atoms with Crippen molar-refractivity contribution >= 4 is 11.6 Å². The highest BCUT2D eigenvalue weighted by atomic mass is 16.1. The van der Waals surface area contributed by atoms with E-state index >= 15 is 0 Å². The van der Waals surface area contributed by atoms with E-state index in [-0.39, 0.29) is 5.91 Å². The Morgan fingerprint density at radius 1 is 1.29 bits per heavy atom. The summed E-state index contributed by atoms with van der Waals surface area (Å²) in [6.07, 6.45) is 4.47. The molecule has 2 aliphatic rings. The number of hydrogen-bond acceptors (Lipinski definition) is 4. The van der Waals surface area contributed by atoms with Crippen LogP contribution in [0, 0.1) is 5.92 Å². The first-order valence-corrected chi connectivity index (χ1v) is 7.84. The van der Waals surface area contributed by atoms with Crippen molar-refractivity contribution in [2.75, 3.05) is 38.1 Å². The largest absolute Gasteiger partial charge is 0.367 e. The van der Waals surface area contributed by atoms with E-state index in [1.165, 1.54) is 25.9 Å². The van der Waals surface area contributed by atoms with Crippen LogP contribution < -0.4 is 10.2 Å². The van der Waals surface area contributed by atoms with Crippen molar-refractivity contribution in [1.82, 2.24) is 15.2 Å². The lowest BCUT2D eigenvalue weighted by Gasteiger charge is -2.48. The van der Waals surface area contributed by atoms with Gasteiger partial charge in [0.05, 0.1) is 11.9 Å². The maximum Gasteiger partial charge on any atom is 0.269 e. The number of pyridine rings is 1. The number of likely N-dealkylation sites (tertiary alicyclic amines) is 1. The molecular weight excluding hydrogens is 264 g/mol. The van der Waals surface area contributed by atoms with Gasteiger partial charge in [0.15, 0.2) is 0 Å². The molecule has 21 heavy (non-hydrogen) atoms. The van der Waals surface area contributed by atoms with E-state index in [0.29, 0.717) is 11.7 Å². The Kier molecular flexibility index (Phi) is 4.10. The van der Waals surface area contributed by atoms with Crippen LogP contribution in [0.5, 0.6) is 0 Å². The van der Waals surface area contributed by atoms with Crippen LogP contribution in [-0.4, -0.2) is 55.1 Å². The molecule has 0 aliphatic carbocycles. The Balaban J connectivity index is 1.53. The minimum absolute atomic E-state index is 0.134.